The zero-order valence-electron chi connectivity index (χ0n) is 11.8. The molecule has 2 rings (SSSR count). The molecular weight excluding hydrogens is 302 g/mol. The minimum atomic E-state index is 0.776. The molecular formula is C16H24BrNO. The Morgan fingerprint density at radius 2 is 2.11 bits per heavy atom. The van der Waals surface area contributed by atoms with E-state index >= 15 is 0 Å². The smallest absolute Gasteiger partial charge is 0.133 e. The van der Waals surface area contributed by atoms with Gasteiger partial charge in [0.1, 0.15) is 5.75 Å². The summed E-state index contributed by atoms with van der Waals surface area (Å²) in [6.45, 7) is 5.67. The number of piperidine rings is 1. The van der Waals surface area contributed by atoms with Crippen LogP contribution in [0.25, 0.3) is 0 Å². The van der Waals surface area contributed by atoms with Crippen LogP contribution in [0.1, 0.15) is 39.0 Å². The van der Waals surface area contributed by atoms with E-state index in [9.17, 15) is 0 Å². The highest BCUT2D eigenvalue weighted by Crippen LogP contribution is 2.24. The fraction of sp³-hybridized carbons (Fsp3) is 0.625. The van der Waals surface area contributed by atoms with Crippen LogP contribution in [0.5, 0.6) is 5.75 Å². The molecule has 1 aliphatic heterocycles. The van der Waals surface area contributed by atoms with E-state index in [4.69, 9.17) is 4.74 Å². The maximum atomic E-state index is 5.79. The van der Waals surface area contributed by atoms with Gasteiger partial charge in [0.2, 0.25) is 0 Å². The SMILES string of the molecule is C[C@@H]1CCCCN1CCCCOc1ccccc1Br. The summed E-state index contributed by atoms with van der Waals surface area (Å²) in [7, 11) is 0. The summed E-state index contributed by atoms with van der Waals surface area (Å²) in [6, 6.07) is 8.82. The summed E-state index contributed by atoms with van der Waals surface area (Å²) in [5.74, 6) is 0.953. The number of halogens is 1. The lowest BCUT2D eigenvalue weighted by Crippen LogP contribution is -2.38. The molecule has 1 atom stereocenters. The monoisotopic (exact) mass is 325 g/mol. The number of benzene rings is 1. The third kappa shape index (κ3) is 4.81. The number of likely N-dealkylation sites (tertiary alicyclic amines) is 1. The molecule has 0 amide bonds. The first-order valence-corrected chi connectivity index (χ1v) is 8.18. The van der Waals surface area contributed by atoms with E-state index < -0.39 is 0 Å². The molecule has 19 heavy (non-hydrogen) atoms. The molecule has 1 heterocycles. The van der Waals surface area contributed by atoms with Crippen molar-refractivity contribution in [3.05, 3.63) is 28.7 Å². The quantitative estimate of drug-likeness (QED) is 0.715. The molecule has 0 radical (unpaired) electrons. The number of hydrogen-bond acceptors (Lipinski definition) is 2. The number of para-hydroxylation sites is 1. The maximum Gasteiger partial charge on any atom is 0.133 e. The minimum absolute atomic E-state index is 0.776. The Labute approximate surface area is 125 Å². The topological polar surface area (TPSA) is 12.5 Å². The van der Waals surface area contributed by atoms with Gasteiger partial charge in [-0.1, -0.05) is 18.6 Å². The Morgan fingerprint density at radius 1 is 1.26 bits per heavy atom. The molecule has 0 aromatic heterocycles. The Kier molecular flexibility index (Phi) is 6.18. The van der Waals surface area contributed by atoms with Gasteiger partial charge >= 0.3 is 0 Å². The van der Waals surface area contributed by atoms with Crippen molar-refractivity contribution in [2.24, 2.45) is 0 Å². The summed E-state index contributed by atoms with van der Waals surface area (Å²) in [5, 5.41) is 0. The molecule has 1 saturated heterocycles. The normalized spacial score (nSPS) is 20.4. The van der Waals surface area contributed by atoms with Gasteiger partial charge in [-0.15, -0.1) is 0 Å². The predicted octanol–water partition coefficient (Wildman–Crippen LogP) is 4.48. The molecule has 1 aromatic rings. The second-order valence-corrected chi connectivity index (χ2v) is 6.22. The van der Waals surface area contributed by atoms with E-state index in [0.29, 0.717) is 0 Å². The van der Waals surface area contributed by atoms with Crippen LogP contribution in [0.15, 0.2) is 28.7 Å². The van der Waals surface area contributed by atoms with E-state index in [1.54, 1.807) is 0 Å². The summed E-state index contributed by atoms with van der Waals surface area (Å²) in [4.78, 5) is 2.63. The van der Waals surface area contributed by atoms with E-state index in [1.807, 2.05) is 24.3 Å². The summed E-state index contributed by atoms with van der Waals surface area (Å²) in [6.07, 6.45) is 6.51. The number of rotatable bonds is 6. The molecule has 0 bridgehead atoms. The molecule has 0 aliphatic carbocycles. The van der Waals surface area contributed by atoms with Crippen LogP contribution in [-0.4, -0.2) is 30.6 Å². The number of nitrogens with zero attached hydrogens (tertiary/aromatic N) is 1. The molecule has 1 aromatic carbocycles. The van der Waals surface area contributed by atoms with Crippen LogP contribution in [-0.2, 0) is 0 Å². The molecule has 3 heteroatoms. The number of ether oxygens (including phenoxy) is 1. The van der Waals surface area contributed by atoms with Gasteiger partial charge in [-0.25, -0.2) is 0 Å². The van der Waals surface area contributed by atoms with Crippen LogP contribution in [0.3, 0.4) is 0 Å². The van der Waals surface area contributed by atoms with Gasteiger partial charge in [-0.05, 0) is 73.8 Å². The molecule has 0 N–H and O–H groups in total. The molecule has 0 unspecified atom stereocenters. The van der Waals surface area contributed by atoms with E-state index in [1.165, 1.54) is 38.8 Å². The zero-order valence-corrected chi connectivity index (χ0v) is 13.4. The molecule has 0 saturated carbocycles. The van der Waals surface area contributed by atoms with Gasteiger partial charge in [-0.3, -0.25) is 0 Å². The highest BCUT2D eigenvalue weighted by atomic mass is 79.9. The molecule has 1 aliphatic rings. The van der Waals surface area contributed by atoms with Crippen molar-refractivity contribution in [2.75, 3.05) is 19.7 Å². The molecule has 2 nitrogen and oxygen atoms in total. The molecule has 1 fully saturated rings. The minimum Gasteiger partial charge on any atom is -0.492 e. The largest absolute Gasteiger partial charge is 0.492 e. The van der Waals surface area contributed by atoms with Crippen molar-refractivity contribution in [3.8, 4) is 5.75 Å². The van der Waals surface area contributed by atoms with Crippen molar-refractivity contribution in [1.82, 2.24) is 4.90 Å². The van der Waals surface area contributed by atoms with Crippen molar-refractivity contribution < 1.29 is 4.74 Å². The third-order valence-corrected chi connectivity index (χ3v) is 4.53. The second-order valence-electron chi connectivity index (χ2n) is 5.37. The second kappa shape index (κ2) is 7.91. The number of hydrogen-bond donors (Lipinski definition) is 0. The van der Waals surface area contributed by atoms with E-state index in [-0.39, 0.29) is 0 Å². The predicted molar refractivity (Wildman–Crippen MR) is 83.8 cm³/mol. The first-order valence-electron chi connectivity index (χ1n) is 7.39. The van der Waals surface area contributed by atoms with Crippen LogP contribution in [0.2, 0.25) is 0 Å². The van der Waals surface area contributed by atoms with Crippen LogP contribution in [0.4, 0.5) is 0 Å². The van der Waals surface area contributed by atoms with Crippen molar-refractivity contribution >= 4 is 15.9 Å². The fourth-order valence-electron chi connectivity index (χ4n) is 2.65. The lowest BCUT2D eigenvalue weighted by molar-refractivity contribution is 0.154. The van der Waals surface area contributed by atoms with Gasteiger partial charge in [-0.2, -0.15) is 0 Å². The van der Waals surface area contributed by atoms with Gasteiger partial charge in [0.15, 0.2) is 0 Å². The van der Waals surface area contributed by atoms with E-state index in [0.717, 1.165) is 29.3 Å². The van der Waals surface area contributed by atoms with Gasteiger partial charge in [0.25, 0.3) is 0 Å². The first-order chi connectivity index (χ1) is 9.27. The summed E-state index contributed by atoms with van der Waals surface area (Å²) >= 11 is 3.50. The van der Waals surface area contributed by atoms with Crippen LogP contribution >= 0.6 is 15.9 Å². The Bertz CT molecular complexity index is 383. The Balaban J connectivity index is 1.61. The number of unbranched alkanes of at least 4 members (excludes halogenated alkanes) is 1. The van der Waals surface area contributed by atoms with Crippen molar-refractivity contribution in [3.63, 3.8) is 0 Å². The van der Waals surface area contributed by atoms with Gasteiger partial charge in [0, 0.05) is 6.04 Å². The lowest BCUT2D eigenvalue weighted by Gasteiger charge is -2.33. The van der Waals surface area contributed by atoms with Crippen LogP contribution in [0, 0.1) is 0 Å². The fourth-order valence-corrected chi connectivity index (χ4v) is 3.05. The lowest BCUT2D eigenvalue weighted by atomic mass is 10.0. The maximum absolute atomic E-state index is 5.79. The molecule has 106 valence electrons. The van der Waals surface area contributed by atoms with Crippen LogP contribution < -0.4 is 4.74 Å². The highest BCUT2D eigenvalue weighted by molar-refractivity contribution is 9.10. The zero-order chi connectivity index (χ0) is 13.5. The average Bonchev–Trinajstić information content (AvgIpc) is 2.42. The van der Waals surface area contributed by atoms with Crippen molar-refractivity contribution in [1.29, 1.82) is 0 Å². The van der Waals surface area contributed by atoms with E-state index in [2.05, 4.69) is 27.8 Å². The first kappa shape index (κ1) is 14.9. The Morgan fingerprint density at radius 3 is 2.89 bits per heavy atom. The van der Waals surface area contributed by atoms with Gasteiger partial charge < -0.3 is 9.64 Å². The summed E-state index contributed by atoms with van der Waals surface area (Å²) < 4.78 is 6.83. The van der Waals surface area contributed by atoms with Crippen molar-refractivity contribution in [2.45, 2.75) is 45.1 Å². The molecule has 0 spiro atoms. The Hall–Kier alpha value is -0.540. The summed E-state index contributed by atoms with van der Waals surface area (Å²) in [5.41, 5.74) is 0. The standard InChI is InChI=1S/C16H24BrNO/c1-14-8-4-5-11-18(14)12-6-7-13-19-16-10-3-2-9-15(16)17/h2-3,9-10,14H,4-8,11-13H2,1H3/t14-/m1/s1. The highest BCUT2D eigenvalue weighted by Gasteiger charge is 2.16. The average molecular weight is 326 g/mol. The third-order valence-electron chi connectivity index (χ3n) is 3.87. The van der Waals surface area contributed by atoms with Gasteiger partial charge in [0.05, 0.1) is 11.1 Å².